The van der Waals surface area contributed by atoms with Gasteiger partial charge in [0, 0.05) is 29.7 Å². The summed E-state index contributed by atoms with van der Waals surface area (Å²) >= 11 is 0. The summed E-state index contributed by atoms with van der Waals surface area (Å²) in [5.41, 5.74) is 5.92. The number of aromatic nitrogens is 3. The highest BCUT2D eigenvalue weighted by molar-refractivity contribution is 7.89. The second-order valence-electron chi connectivity index (χ2n) is 10.1. The van der Waals surface area contributed by atoms with Crippen molar-refractivity contribution in [1.82, 2.24) is 14.8 Å². The molecule has 1 fully saturated rings. The van der Waals surface area contributed by atoms with Gasteiger partial charge >= 0.3 is 0 Å². The summed E-state index contributed by atoms with van der Waals surface area (Å²) in [6.07, 6.45) is 9.90. The molecule has 172 valence electrons. The Morgan fingerprint density at radius 3 is 2.44 bits per heavy atom. The third kappa shape index (κ3) is 4.55. The van der Waals surface area contributed by atoms with Crippen LogP contribution in [0.25, 0.3) is 22.4 Å². The second-order valence-corrected chi connectivity index (χ2v) is 11.7. The van der Waals surface area contributed by atoms with Crippen molar-refractivity contribution >= 4 is 10.0 Å². The number of nitrogens with two attached hydrogens (primary N) is 1. The molecule has 3 aromatic rings. The minimum Gasteiger partial charge on any atom is -0.343 e. The van der Waals surface area contributed by atoms with E-state index in [1.54, 1.807) is 6.07 Å². The summed E-state index contributed by atoms with van der Waals surface area (Å²) in [4.78, 5) is 0.222. The van der Waals surface area contributed by atoms with Crippen molar-refractivity contribution in [2.24, 2.45) is 11.1 Å². The number of nitrogens with one attached hydrogen (secondary N) is 1. The summed E-state index contributed by atoms with van der Waals surface area (Å²) in [5, 5.41) is 12.6. The van der Waals surface area contributed by atoms with Gasteiger partial charge < -0.3 is 4.57 Å². The summed E-state index contributed by atoms with van der Waals surface area (Å²) in [6, 6.07) is 8.15. The van der Waals surface area contributed by atoms with Gasteiger partial charge in [-0.25, -0.2) is 13.6 Å². The molecule has 0 saturated heterocycles. The number of benzene rings is 1. The molecular formula is C25H34N4O2S. The van der Waals surface area contributed by atoms with Crippen molar-refractivity contribution in [2.45, 2.75) is 76.7 Å². The molecule has 1 aliphatic carbocycles. The van der Waals surface area contributed by atoms with Crippen LogP contribution in [0.5, 0.6) is 0 Å². The monoisotopic (exact) mass is 454 g/mol. The first-order chi connectivity index (χ1) is 15.1. The van der Waals surface area contributed by atoms with Crippen LogP contribution in [0.3, 0.4) is 0 Å². The number of sulfonamides is 1. The van der Waals surface area contributed by atoms with Gasteiger partial charge in [0.05, 0.1) is 6.20 Å². The number of H-pyrrole nitrogens is 1. The van der Waals surface area contributed by atoms with E-state index in [1.807, 2.05) is 19.3 Å². The van der Waals surface area contributed by atoms with Crippen LogP contribution < -0.4 is 5.14 Å². The third-order valence-corrected chi connectivity index (χ3v) is 7.75. The van der Waals surface area contributed by atoms with E-state index in [2.05, 4.69) is 53.7 Å². The number of aromatic amines is 1. The van der Waals surface area contributed by atoms with Crippen LogP contribution >= 0.6 is 0 Å². The van der Waals surface area contributed by atoms with Crippen molar-refractivity contribution in [2.75, 3.05) is 0 Å². The molecule has 1 aliphatic rings. The lowest BCUT2D eigenvalue weighted by Crippen LogP contribution is -2.17. The molecule has 0 unspecified atom stereocenters. The molecule has 3 N–H and O–H groups in total. The van der Waals surface area contributed by atoms with E-state index in [-0.39, 0.29) is 10.3 Å². The third-order valence-electron chi connectivity index (χ3n) is 6.72. The molecule has 0 spiro atoms. The minimum atomic E-state index is -3.80. The van der Waals surface area contributed by atoms with Crippen molar-refractivity contribution in [3.63, 3.8) is 0 Å². The van der Waals surface area contributed by atoms with E-state index in [1.165, 1.54) is 37.7 Å². The zero-order valence-electron chi connectivity index (χ0n) is 19.5. The first-order valence-electron chi connectivity index (χ1n) is 11.4. The zero-order valence-corrected chi connectivity index (χ0v) is 20.3. The number of nitrogens with zero attached hydrogens (tertiary/aromatic N) is 2. The average molecular weight is 455 g/mol. The molecule has 0 radical (unpaired) electrons. The highest BCUT2D eigenvalue weighted by Crippen LogP contribution is 2.38. The molecule has 2 heterocycles. The molecule has 7 heteroatoms. The fourth-order valence-corrected chi connectivity index (χ4v) is 5.78. The standard InChI is InChI=1S/C25H34N4O2S/c1-17-24(32(26,30)31)13-23(29(17)16-18-8-6-5-7-9-18)19-10-11-21(20-14-27-28-15-20)22(12-19)25(2,3)4/h10-15,18H,5-9,16H2,1-4H3,(H,27,28)(H2,26,30,31). The molecule has 0 aliphatic heterocycles. The average Bonchev–Trinajstić information content (AvgIpc) is 3.37. The summed E-state index contributed by atoms with van der Waals surface area (Å²) < 4.78 is 26.8. The van der Waals surface area contributed by atoms with Crippen LogP contribution in [0.1, 0.15) is 64.1 Å². The Hall–Kier alpha value is -2.38. The van der Waals surface area contributed by atoms with Crippen LogP contribution in [0.15, 0.2) is 41.6 Å². The molecule has 0 bridgehead atoms. The van der Waals surface area contributed by atoms with Gasteiger partial charge in [-0.05, 0) is 59.9 Å². The van der Waals surface area contributed by atoms with E-state index in [0.717, 1.165) is 34.6 Å². The highest BCUT2D eigenvalue weighted by Gasteiger charge is 2.25. The van der Waals surface area contributed by atoms with E-state index in [4.69, 9.17) is 5.14 Å². The lowest BCUT2D eigenvalue weighted by Gasteiger charge is -2.26. The largest absolute Gasteiger partial charge is 0.343 e. The van der Waals surface area contributed by atoms with E-state index in [0.29, 0.717) is 5.92 Å². The van der Waals surface area contributed by atoms with Crippen LogP contribution in [0, 0.1) is 12.8 Å². The molecule has 1 saturated carbocycles. The molecule has 0 atom stereocenters. The summed E-state index contributed by atoms with van der Waals surface area (Å²) in [5.74, 6) is 0.564. The Labute approximate surface area is 191 Å². The van der Waals surface area contributed by atoms with Crippen molar-refractivity contribution in [3.8, 4) is 22.4 Å². The van der Waals surface area contributed by atoms with Crippen LogP contribution in [0.4, 0.5) is 0 Å². The van der Waals surface area contributed by atoms with Gasteiger partial charge in [-0.15, -0.1) is 0 Å². The van der Waals surface area contributed by atoms with Gasteiger partial charge in [-0.1, -0.05) is 52.2 Å². The molecular weight excluding hydrogens is 420 g/mol. The highest BCUT2D eigenvalue weighted by atomic mass is 32.2. The molecule has 32 heavy (non-hydrogen) atoms. The van der Waals surface area contributed by atoms with Gasteiger partial charge in [-0.2, -0.15) is 5.10 Å². The van der Waals surface area contributed by atoms with Gasteiger partial charge in [0.25, 0.3) is 0 Å². The number of rotatable bonds is 5. The number of primary sulfonamides is 1. The van der Waals surface area contributed by atoms with Gasteiger partial charge in [0.2, 0.25) is 10.0 Å². The van der Waals surface area contributed by atoms with Gasteiger partial charge in [0.1, 0.15) is 4.90 Å². The van der Waals surface area contributed by atoms with E-state index < -0.39 is 10.0 Å². The quantitative estimate of drug-likeness (QED) is 0.542. The molecule has 6 nitrogen and oxygen atoms in total. The predicted molar refractivity (Wildman–Crippen MR) is 129 cm³/mol. The predicted octanol–water partition coefficient (Wildman–Crippen LogP) is 5.38. The molecule has 4 rings (SSSR count). The minimum absolute atomic E-state index is 0.0960. The number of hydrogen-bond donors (Lipinski definition) is 2. The molecule has 0 amide bonds. The lowest BCUT2D eigenvalue weighted by molar-refractivity contribution is 0.318. The topological polar surface area (TPSA) is 93.8 Å². The van der Waals surface area contributed by atoms with Crippen LogP contribution in [-0.2, 0) is 22.0 Å². The Kier molecular flexibility index (Phi) is 6.07. The first kappa shape index (κ1) is 22.8. The smallest absolute Gasteiger partial charge is 0.239 e. The Morgan fingerprint density at radius 1 is 1.12 bits per heavy atom. The maximum atomic E-state index is 12.3. The van der Waals surface area contributed by atoms with Crippen molar-refractivity contribution < 1.29 is 8.42 Å². The van der Waals surface area contributed by atoms with Gasteiger partial charge in [0.15, 0.2) is 0 Å². The van der Waals surface area contributed by atoms with E-state index in [9.17, 15) is 8.42 Å². The van der Waals surface area contributed by atoms with Crippen molar-refractivity contribution in [1.29, 1.82) is 0 Å². The fourth-order valence-electron chi connectivity index (χ4n) is 4.98. The Bertz CT molecular complexity index is 1200. The van der Waals surface area contributed by atoms with Crippen LogP contribution in [0.2, 0.25) is 0 Å². The van der Waals surface area contributed by atoms with Gasteiger partial charge in [-0.3, -0.25) is 5.10 Å². The normalized spacial score (nSPS) is 15.9. The van der Waals surface area contributed by atoms with E-state index >= 15 is 0 Å². The SMILES string of the molecule is Cc1c(S(N)(=O)=O)cc(-c2ccc(-c3cn[nH]c3)c(C(C)(C)C)c2)n1CC1CCCCC1. The summed E-state index contributed by atoms with van der Waals surface area (Å²) in [6.45, 7) is 9.27. The zero-order chi connectivity index (χ0) is 23.1. The Balaban J connectivity index is 1.86. The fraction of sp³-hybridized carbons (Fsp3) is 0.480. The van der Waals surface area contributed by atoms with Crippen LogP contribution in [-0.4, -0.2) is 23.2 Å². The summed E-state index contributed by atoms with van der Waals surface area (Å²) in [7, 11) is -3.80. The first-order valence-corrected chi connectivity index (χ1v) is 13.0. The number of hydrogen-bond acceptors (Lipinski definition) is 3. The Morgan fingerprint density at radius 2 is 1.84 bits per heavy atom. The lowest BCUT2D eigenvalue weighted by atomic mass is 9.81. The molecule has 1 aromatic carbocycles. The maximum absolute atomic E-state index is 12.3. The van der Waals surface area contributed by atoms with Crippen molar-refractivity contribution in [3.05, 3.63) is 47.9 Å². The molecule has 2 aromatic heterocycles. The maximum Gasteiger partial charge on any atom is 0.239 e. The second kappa shape index (κ2) is 8.52.